The molecule has 1 aromatic rings. The van der Waals surface area contributed by atoms with Crippen molar-refractivity contribution in [1.29, 1.82) is 0 Å². The first-order valence-electron chi connectivity index (χ1n) is 5.58. The van der Waals surface area contributed by atoms with Crippen molar-refractivity contribution in [2.24, 2.45) is 0 Å². The van der Waals surface area contributed by atoms with Gasteiger partial charge in [-0.2, -0.15) is 0 Å². The van der Waals surface area contributed by atoms with Gasteiger partial charge in [0.2, 0.25) is 0 Å². The normalized spacial score (nSPS) is 21.5. The minimum atomic E-state index is 0.286. The molecule has 1 atom stereocenters. The molecule has 1 fully saturated rings. The lowest BCUT2D eigenvalue weighted by molar-refractivity contribution is 0.187. The van der Waals surface area contributed by atoms with Gasteiger partial charge in [0.05, 0.1) is 5.02 Å². The molecule has 0 saturated carbocycles. The Labute approximate surface area is 109 Å². The second-order valence-electron chi connectivity index (χ2n) is 4.00. The predicted octanol–water partition coefficient (Wildman–Crippen LogP) is 3.62. The lowest BCUT2D eigenvalue weighted by atomic mass is 10.1. The van der Waals surface area contributed by atoms with Crippen LogP contribution in [-0.4, -0.2) is 19.2 Å². The van der Waals surface area contributed by atoms with E-state index in [9.17, 15) is 0 Å². The fourth-order valence-corrected chi connectivity index (χ4v) is 2.57. The van der Waals surface area contributed by atoms with E-state index in [1.165, 1.54) is 6.42 Å². The lowest BCUT2D eigenvalue weighted by Crippen LogP contribution is -2.19. The molecule has 1 aliphatic heterocycles. The first-order chi connectivity index (χ1) is 7.75. The van der Waals surface area contributed by atoms with E-state index in [0.717, 1.165) is 36.2 Å². The van der Waals surface area contributed by atoms with E-state index in [0.29, 0.717) is 5.02 Å². The number of halogens is 2. The molecule has 0 spiro atoms. The molecule has 0 aromatic heterocycles. The first-order valence-corrected chi connectivity index (χ1v) is 6.75. The minimum absolute atomic E-state index is 0.286. The van der Waals surface area contributed by atoms with Crippen molar-refractivity contribution in [3.63, 3.8) is 0 Å². The summed E-state index contributed by atoms with van der Waals surface area (Å²) in [5, 5.41) is 4.04. The van der Waals surface area contributed by atoms with Crippen molar-refractivity contribution in [2.75, 3.05) is 13.1 Å². The Kier molecular flexibility index (Phi) is 4.50. The van der Waals surface area contributed by atoms with Crippen LogP contribution in [0.25, 0.3) is 0 Å². The number of rotatable bonds is 2. The van der Waals surface area contributed by atoms with E-state index >= 15 is 0 Å². The van der Waals surface area contributed by atoms with Gasteiger partial charge in [0, 0.05) is 4.47 Å². The van der Waals surface area contributed by atoms with Gasteiger partial charge in [-0.15, -0.1) is 0 Å². The number of nitrogens with one attached hydrogen (secondary N) is 1. The first kappa shape index (κ1) is 12.2. The molecule has 0 amide bonds. The van der Waals surface area contributed by atoms with Crippen LogP contribution in [0.15, 0.2) is 22.7 Å². The zero-order valence-electron chi connectivity index (χ0n) is 9.01. The molecule has 1 aliphatic rings. The SMILES string of the molecule is Clc1cc(Br)ccc1OC1CCCNCC1. The molecule has 88 valence electrons. The predicted molar refractivity (Wildman–Crippen MR) is 70.3 cm³/mol. The van der Waals surface area contributed by atoms with Crippen molar-refractivity contribution < 1.29 is 4.74 Å². The summed E-state index contributed by atoms with van der Waals surface area (Å²) in [6.07, 6.45) is 3.60. The maximum Gasteiger partial charge on any atom is 0.138 e. The minimum Gasteiger partial charge on any atom is -0.489 e. The Morgan fingerprint density at radius 3 is 3.00 bits per heavy atom. The summed E-state index contributed by atoms with van der Waals surface area (Å²) in [5.41, 5.74) is 0. The van der Waals surface area contributed by atoms with Gasteiger partial charge >= 0.3 is 0 Å². The molecule has 1 unspecified atom stereocenters. The van der Waals surface area contributed by atoms with Crippen molar-refractivity contribution in [3.05, 3.63) is 27.7 Å². The molecule has 1 N–H and O–H groups in total. The van der Waals surface area contributed by atoms with Gasteiger partial charge in [0.15, 0.2) is 0 Å². The van der Waals surface area contributed by atoms with Gasteiger partial charge in [0.1, 0.15) is 11.9 Å². The zero-order chi connectivity index (χ0) is 11.4. The van der Waals surface area contributed by atoms with E-state index in [2.05, 4.69) is 21.2 Å². The van der Waals surface area contributed by atoms with E-state index in [1.807, 2.05) is 18.2 Å². The van der Waals surface area contributed by atoms with Crippen LogP contribution in [-0.2, 0) is 0 Å². The molecule has 1 aromatic carbocycles. The summed E-state index contributed by atoms with van der Waals surface area (Å²) in [4.78, 5) is 0. The van der Waals surface area contributed by atoms with Crippen LogP contribution in [0.1, 0.15) is 19.3 Å². The van der Waals surface area contributed by atoms with Crippen LogP contribution in [0, 0.1) is 0 Å². The van der Waals surface area contributed by atoms with E-state index in [-0.39, 0.29) is 6.10 Å². The van der Waals surface area contributed by atoms with Crippen molar-refractivity contribution in [1.82, 2.24) is 5.32 Å². The third-order valence-corrected chi connectivity index (χ3v) is 3.50. The fourth-order valence-electron chi connectivity index (χ4n) is 1.86. The van der Waals surface area contributed by atoms with Crippen molar-refractivity contribution in [2.45, 2.75) is 25.4 Å². The molecule has 2 nitrogen and oxygen atoms in total. The lowest BCUT2D eigenvalue weighted by Gasteiger charge is -2.17. The Morgan fingerprint density at radius 2 is 2.19 bits per heavy atom. The van der Waals surface area contributed by atoms with Crippen LogP contribution < -0.4 is 10.1 Å². The maximum absolute atomic E-state index is 6.12. The molecule has 1 heterocycles. The van der Waals surface area contributed by atoms with Crippen molar-refractivity contribution in [3.8, 4) is 5.75 Å². The van der Waals surface area contributed by atoms with E-state index in [1.54, 1.807) is 0 Å². The van der Waals surface area contributed by atoms with E-state index < -0.39 is 0 Å². The Hall–Kier alpha value is -0.250. The van der Waals surface area contributed by atoms with Crippen LogP contribution in [0.5, 0.6) is 5.75 Å². The monoisotopic (exact) mass is 303 g/mol. The van der Waals surface area contributed by atoms with Gasteiger partial charge in [-0.05, 0) is 50.6 Å². The summed E-state index contributed by atoms with van der Waals surface area (Å²) in [6, 6.07) is 5.74. The highest BCUT2D eigenvalue weighted by molar-refractivity contribution is 9.10. The summed E-state index contributed by atoms with van der Waals surface area (Å²) < 4.78 is 6.91. The second-order valence-corrected chi connectivity index (χ2v) is 5.32. The van der Waals surface area contributed by atoms with Gasteiger partial charge in [-0.1, -0.05) is 27.5 Å². The standard InChI is InChI=1S/C12H15BrClNO/c13-9-3-4-12(11(14)8-9)16-10-2-1-6-15-7-5-10/h3-4,8,10,15H,1-2,5-7H2. The van der Waals surface area contributed by atoms with Crippen LogP contribution in [0.3, 0.4) is 0 Å². The fraction of sp³-hybridized carbons (Fsp3) is 0.500. The number of hydrogen-bond acceptors (Lipinski definition) is 2. The molecule has 4 heteroatoms. The zero-order valence-corrected chi connectivity index (χ0v) is 11.4. The van der Waals surface area contributed by atoms with E-state index in [4.69, 9.17) is 16.3 Å². The third-order valence-electron chi connectivity index (χ3n) is 2.71. The van der Waals surface area contributed by atoms with Gasteiger partial charge < -0.3 is 10.1 Å². The number of ether oxygens (including phenoxy) is 1. The maximum atomic E-state index is 6.12. The Morgan fingerprint density at radius 1 is 1.31 bits per heavy atom. The van der Waals surface area contributed by atoms with Crippen LogP contribution >= 0.6 is 27.5 Å². The molecule has 1 saturated heterocycles. The highest BCUT2D eigenvalue weighted by Gasteiger charge is 2.14. The Balaban J connectivity index is 2.01. The number of hydrogen-bond donors (Lipinski definition) is 1. The summed E-state index contributed by atoms with van der Waals surface area (Å²) in [5.74, 6) is 0.789. The van der Waals surface area contributed by atoms with Gasteiger partial charge in [-0.3, -0.25) is 0 Å². The quantitative estimate of drug-likeness (QED) is 0.901. The van der Waals surface area contributed by atoms with Gasteiger partial charge in [-0.25, -0.2) is 0 Å². The highest BCUT2D eigenvalue weighted by Crippen LogP contribution is 2.29. The Bertz CT molecular complexity index is 351. The average Bonchev–Trinajstić information content (AvgIpc) is 2.51. The molecular weight excluding hydrogens is 289 g/mol. The summed E-state index contributed by atoms with van der Waals surface area (Å²) in [6.45, 7) is 2.12. The molecule has 0 bridgehead atoms. The second kappa shape index (κ2) is 5.89. The summed E-state index contributed by atoms with van der Waals surface area (Å²) >= 11 is 9.50. The highest BCUT2D eigenvalue weighted by atomic mass is 79.9. The molecule has 0 radical (unpaired) electrons. The van der Waals surface area contributed by atoms with Gasteiger partial charge in [0.25, 0.3) is 0 Å². The molecule has 16 heavy (non-hydrogen) atoms. The average molecular weight is 305 g/mol. The molecular formula is C12H15BrClNO. The number of benzene rings is 1. The smallest absolute Gasteiger partial charge is 0.138 e. The largest absolute Gasteiger partial charge is 0.489 e. The summed E-state index contributed by atoms with van der Waals surface area (Å²) in [7, 11) is 0. The topological polar surface area (TPSA) is 21.3 Å². The van der Waals surface area contributed by atoms with Crippen LogP contribution in [0.4, 0.5) is 0 Å². The molecule has 2 rings (SSSR count). The third kappa shape index (κ3) is 3.37. The van der Waals surface area contributed by atoms with Crippen LogP contribution in [0.2, 0.25) is 5.02 Å². The van der Waals surface area contributed by atoms with Crippen molar-refractivity contribution >= 4 is 27.5 Å². The molecule has 0 aliphatic carbocycles.